The Morgan fingerprint density at radius 2 is 2.24 bits per heavy atom. The maximum absolute atomic E-state index is 6.34. The Hall–Kier alpha value is -0.120. The summed E-state index contributed by atoms with van der Waals surface area (Å²) in [4.78, 5) is 0. The number of ether oxygens (including phenoxy) is 2. The summed E-state index contributed by atoms with van der Waals surface area (Å²) >= 11 is 0. The van der Waals surface area contributed by atoms with Crippen LogP contribution in [0.2, 0.25) is 0 Å². The van der Waals surface area contributed by atoms with Gasteiger partial charge in [-0.25, -0.2) is 0 Å². The Bertz CT molecular complexity index is 226. The second-order valence-corrected chi connectivity index (χ2v) is 5.75. The highest BCUT2D eigenvalue weighted by molar-refractivity contribution is 4.92. The summed E-state index contributed by atoms with van der Waals surface area (Å²) in [7, 11) is 0. The fourth-order valence-corrected chi connectivity index (χ4v) is 3.16. The number of rotatable bonds is 5. The fourth-order valence-electron chi connectivity index (χ4n) is 3.16. The Morgan fingerprint density at radius 1 is 1.35 bits per heavy atom. The quantitative estimate of drug-likeness (QED) is 0.752. The van der Waals surface area contributed by atoms with Crippen molar-refractivity contribution in [1.29, 1.82) is 0 Å². The van der Waals surface area contributed by atoms with Crippen LogP contribution >= 0.6 is 0 Å². The van der Waals surface area contributed by atoms with Crippen LogP contribution in [0, 0.1) is 5.92 Å². The van der Waals surface area contributed by atoms with Gasteiger partial charge in [-0.15, -0.1) is 0 Å². The molecule has 2 rings (SSSR count). The van der Waals surface area contributed by atoms with Crippen molar-refractivity contribution in [2.45, 2.75) is 63.5 Å². The molecule has 0 aliphatic carbocycles. The van der Waals surface area contributed by atoms with Crippen LogP contribution in [0.1, 0.15) is 51.9 Å². The SMILES string of the molecule is CCCCCC(N)C1CCOC2(CCOC2)C1. The molecule has 100 valence electrons. The molecule has 3 atom stereocenters. The van der Waals surface area contributed by atoms with Gasteiger partial charge in [0.25, 0.3) is 0 Å². The Kier molecular flexibility index (Phi) is 4.83. The molecule has 2 fully saturated rings. The minimum Gasteiger partial charge on any atom is -0.378 e. The van der Waals surface area contributed by atoms with E-state index in [4.69, 9.17) is 15.2 Å². The summed E-state index contributed by atoms with van der Waals surface area (Å²) in [5.74, 6) is 0.641. The average Bonchev–Trinajstić information content (AvgIpc) is 2.77. The van der Waals surface area contributed by atoms with E-state index >= 15 is 0 Å². The molecule has 3 nitrogen and oxygen atoms in total. The fraction of sp³-hybridized carbons (Fsp3) is 1.00. The van der Waals surface area contributed by atoms with Gasteiger partial charge >= 0.3 is 0 Å². The van der Waals surface area contributed by atoms with Crippen LogP contribution in [0.5, 0.6) is 0 Å². The summed E-state index contributed by atoms with van der Waals surface area (Å²) in [5, 5.41) is 0. The molecule has 2 saturated heterocycles. The van der Waals surface area contributed by atoms with Crippen LogP contribution in [0.4, 0.5) is 0 Å². The van der Waals surface area contributed by atoms with Crippen molar-refractivity contribution >= 4 is 0 Å². The van der Waals surface area contributed by atoms with Gasteiger partial charge in [-0.05, 0) is 25.2 Å². The highest BCUT2D eigenvalue weighted by Gasteiger charge is 2.42. The van der Waals surface area contributed by atoms with Crippen molar-refractivity contribution in [2.24, 2.45) is 11.7 Å². The summed E-state index contributed by atoms with van der Waals surface area (Å²) in [6, 6.07) is 0.364. The molecule has 0 aromatic heterocycles. The number of unbranched alkanes of at least 4 members (excludes halogenated alkanes) is 2. The first kappa shape index (κ1) is 13.3. The summed E-state index contributed by atoms with van der Waals surface area (Å²) in [6.45, 7) is 4.75. The van der Waals surface area contributed by atoms with E-state index in [2.05, 4.69) is 6.92 Å². The molecule has 2 aliphatic heterocycles. The van der Waals surface area contributed by atoms with Gasteiger partial charge in [0.05, 0.1) is 12.2 Å². The third kappa shape index (κ3) is 3.43. The predicted molar refractivity (Wildman–Crippen MR) is 69.0 cm³/mol. The average molecular weight is 241 g/mol. The van der Waals surface area contributed by atoms with Crippen LogP contribution < -0.4 is 5.73 Å². The highest BCUT2D eigenvalue weighted by Crippen LogP contribution is 2.37. The van der Waals surface area contributed by atoms with Gasteiger partial charge in [-0.1, -0.05) is 26.2 Å². The standard InChI is InChI=1S/C14H27NO2/c1-2-3-4-5-13(15)12-6-8-17-14(10-12)7-9-16-11-14/h12-13H,2-11,15H2,1H3. The molecule has 2 N–H and O–H groups in total. The summed E-state index contributed by atoms with van der Waals surface area (Å²) < 4.78 is 11.5. The largest absolute Gasteiger partial charge is 0.378 e. The normalized spacial score (nSPS) is 35.3. The van der Waals surface area contributed by atoms with Gasteiger partial charge in [0.2, 0.25) is 0 Å². The van der Waals surface area contributed by atoms with Crippen molar-refractivity contribution < 1.29 is 9.47 Å². The lowest BCUT2D eigenvalue weighted by Gasteiger charge is -2.39. The maximum Gasteiger partial charge on any atom is 0.0939 e. The van der Waals surface area contributed by atoms with Crippen molar-refractivity contribution in [1.82, 2.24) is 0 Å². The van der Waals surface area contributed by atoms with Crippen LogP contribution in [0.15, 0.2) is 0 Å². The summed E-state index contributed by atoms with van der Waals surface area (Å²) in [6.07, 6.45) is 8.35. The molecule has 0 amide bonds. The predicted octanol–water partition coefficient (Wildman–Crippen LogP) is 2.48. The Morgan fingerprint density at radius 3 is 2.94 bits per heavy atom. The van der Waals surface area contributed by atoms with E-state index < -0.39 is 0 Å². The molecule has 3 unspecified atom stereocenters. The topological polar surface area (TPSA) is 44.5 Å². The molecule has 0 saturated carbocycles. The van der Waals surface area contributed by atoms with Crippen molar-refractivity contribution in [3.8, 4) is 0 Å². The molecule has 0 radical (unpaired) electrons. The molecule has 2 heterocycles. The minimum atomic E-state index is 0.0191. The molecular weight excluding hydrogens is 214 g/mol. The zero-order chi connectivity index (χ0) is 12.1. The highest BCUT2D eigenvalue weighted by atomic mass is 16.6. The first-order valence-corrected chi connectivity index (χ1v) is 7.23. The van der Waals surface area contributed by atoms with Gasteiger partial charge in [-0.2, -0.15) is 0 Å². The van der Waals surface area contributed by atoms with E-state index in [1.54, 1.807) is 0 Å². The molecule has 1 spiro atoms. The van der Waals surface area contributed by atoms with E-state index in [9.17, 15) is 0 Å². The Labute approximate surface area is 105 Å². The molecule has 3 heteroatoms. The zero-order valence-corrected chi connectivity index (χ0v) is 11.1. The molecule has 17 heavy (non-hydrogen) atoms. The third-order valence-electron chi connectivity index (χ3n) is 4.34. The number of hydrogen-bond donors (Lipinski definition) is 1. The molecule has 0 aromatic carbocycles. The van der Waals surface area contributed by atoms with E-state index in [0.29, 0.717) is 12.0 Å². The van der Waals surface area contributed by atoms with E-state index in [1.165, 1.54) is 25.7 Å². The Balaban J connectivity index is 1.79. The van der Waals surface area contributed by atoms with Gasteiger partial charge in [0.15, 0.2) is 0 Å². The maximum atomic E-state index is 6.34. The first-order valence-electron chi connectivity index (χ1n) is 7.23. The number of nitrogens with two attached hydrogens (primary N) is 1. The van der Waals surface area contributed by atoms with Crippen molar-refractivity contribution in [2.75, 3.05) is 19.8 Å². The van der Waals surface area contributed by atoms with Crippen LogP contribution in [0.25, 0.3) is 0 Å². The second kappa shape index (κ2) is 6.17. The van der Waals surface area contributed by atoms with Gasteiger partial charge in [-0.3, -0.25) is 0 Å². The lowest BCUT2D eigenvalue weighted by Crippen LogP contribution is -2.45. The van der Waals surface area contributed by atoms with Crippen molar-refractivity contribution in [3.63, 3.8) is 0 Å². The van der Waals surface area contributed by atoms with Crippen LogP contribution in [-0.4, -0.2) is 31.5 Å². The minimum absolute atomic E-state index is 0.0191. The van der Waals surface area contributed by atoms with Crippen LogP contribution in [-0.2, 0) is 9.47 Å². The lowest BCUT2D eigenvalue weighted by atomic mass is 9.80. The zero-order valence-electron chi connectivity index (χ0n) is 11.1. The molecular formula is C14H27NO2. The monoisotopic (exact) mass is 241 g/mol. The smallest absolute Gasteiger partial charge is 0.0939 e. The molecule has 0 bridgehead atoms. The van der Waals surface area contributed by atoms with Gasteiger partial charge in [0.1, 0.15) is 0 Å². The van der Waals surface area contributed by atoms with Gasteiger partial charge < -0.3 is 15.2 Å². The number of hydrogen-bond acceptors (Lipinski definition) is 3. The van der Waals surface area contributed by atoms with Crippen LogP contribution in [0.3, 0.4) is 0 Å². The van der Waals surface area contributed by atoms with Gasteiger partial charge in [0, 0.05) is 25.7 Å². The van der Waals surface area contributed by atoms with Crippen molar-refractivity contribution in [3.05, 3.63) is 0 Å². The van der Waals surface area contributed by atoms with E-state index in [1.807, 2.05) is 0 Å². The summed E-state index contributed by atoms with van der Waals surface area (Å²) in [5.41, 5.74) is 6.36. The second-order valence-electron chi connectivity index (χ2n) is 5.75. The first-order chi connectivity index (χ1) is 8.26. The van der Waals surface area contributed by atoms with E-state index in [-0.39, 0.29) is 5.60 Å². The third-order valence-corrected chi connectivity index (χ3v) is 4.34. The lowest BCUT2D eigenvalue weighted by molar-refractivity contribution is -0.101. The van der Waals surface area contributed by atoms with E-state index in [0.717, 1.165) is 39.1 Å². The molecule has 0 aromatic rings. The molecule has 2 aliphatic rings.